The highest BCUT2D eigenvalue weighted by Crippen LogP contribution is 2.24. The molecule has 196 valence electrons. The van der Waals surface area contributed by atoms with E-state index in [9.17, 15) is 14.4 Å². The molecule has 3 heterocycles. The Bertz CT molecular complexity index is 1330. The van der Waals surface area contributed by atoms with Gasteiger partial charge in [-0.25, -0.2) is 9.59 Å². The van der Waals surface area contributed by atoms with Crippen LogP contribution in [0.3, 0.4) is 0 Å². The number of aromatic amines is 1. The molecule has 0 bridgehead atoms. The molecule has 10 nitrogen and oxygen atoms in total. The van der Waals surface area contributed by atoms with Crippen LogP contribution in [0.2, 0.25) is 0 Å². The summed E-state index contributed by atoms with van der Waals surface area (Å²) in [5.74, 6) is -0.906. The van der Waals surface area contributed by atoms with Crippen LogP contribution in [0, 0.1) is 0 Å². The molecule has 2 aromatic carbocycles. The molecule has 5 rings (SSSR count). The van der Waals surface area contributed by atoms with Crippen molar-refractivity contribution in [1.82, 2.24) is 14.8 Å². The van der Waals surface area contributed by atoms with Crippen molar-refractivity contribution in [2.75, 3.05) is 78.9 Å². The van der Waals surface area contributed by atoms with Gasteiger partial charge in [0.05, 0.1) is 37.6 Å². The number of aromatic nitrogens is 1. The summed E-state index contributed by atoms with van der Waals surface area (Å²) in [5, 5.41) is 1.85. The van der Waals surface area contributed by atoms with E-state index in [0.29, 0.717) is 66.9 Å². The highest BCUT2D eigenvalue weighted by molar-refractivity contribution is 6.08. The van der Waals surface area contributed by atoms with Gasteiger partial charge in [0.1, 0.15) is 13.2 Å². The normalized spacial score (nSPS) is 17.2. The van der Waals surface area contributed by atoms with Gasteiger partial charge in [-0.2, -0.15) is 0 Å². The first kappa shape index (κ1) is 25.3. The van der Waals surface area contributed by atoms with E-state index in [4.69, 9.17) is 18.9 Å². The summed E-state index contributed by atoms with van der Waals surface area (Å²) >= 11 is 0. The molecule has 1 N–H and O–H groups in total. The van der Waals surface area contributed by atoms with Crippen molar-refractivity contribution < 1.29 is 28.5 Å². The fourth-order valence-electron chi connectivity index (χ4n) is 4.64. The lowest BCUT2D eigenvalue weighted by molar-refractivity contribution is 0.0190. The van der Waals surface area contributed by atoms with Gasteiger partial charge in [-0.3, -0.25) is 14.6 Å². The van der Waals surface area contributed by atoms with E-state index < -0.39 is 11.9 Å². The van der Waals surface area contributed by atoms with E-state index in [2.05, 4.69) is 14.8 Å². The van der Waals surface area contributed by atoms with Crippen LogP contribution in [0.25, 0.3) is 21.7 Å². The fourth-order valence-corrected chi connectivity index (χ4v) is 4.64. The zero-order valence-electron chi connectivity index (χ0n) is 20.7. The van der Waals surface area contributed by atoms with Gasteiger partial charge in [0.2, 0.25) is 0 Å². The fraction of sp³-hybridized carbons (Fsp3) is 0.444. The van der Waals surface area contributed by atoms with Crippen LogP contribution in [0.1, 0.15) is 20.7 Å². The lowest BCUT2D eigenvalue weighted by Crippen LogP contribution is -2.38. The molecule has 2 aliphatic heterocycles. The molecule has 0 spiro atoms. The second kappa shape index (κ2) is 11.8. The Hall–Kier alpha value is -3.31. The molecule has 0 atom stereocenters. The second-order valence-electron chi connectivity index (χ2n) is 9.15. The Morgan fingerprint density at radius 2 is 1.24 bits per heavy atom. The molecule has 0 amide bonds. The van der Waals surface area contributed by atoms with Gasteiger partial charge in [0, 0.05) is 55.6 Å². The summed E-state index contributed by atoms with van der Waals surface area (Å²) in [6.45, 7) is 7.93. The summed E-state index contributed by atoms with van der Waals surface area (Å²) < 4.78 is 21.5. The van der Waals surface area contributed by atoms with Crippen LogP contribution in [0.5, 0.6) is 0 Å². The minimum absolute atomic E-state index is 0.274. The zero-order chi connectivity index (χ0) is 25.6. The van der Waals surface area contributed by atoms with Crippen LogP contribution in [-0.4, -0.2) is 106 Å². The summed E-state index contributed by atoms with van der Waals surface area (Å²) in [6.07, 6.45) is 0. The number of morpholine rings is 2. The predicted octanol–water partition coefficient (Wildman–Crippen LogP) is 1.66. The van der Waals surface area contributed by atoms with Gasteiger partial charge >= 0.3 is 11.9 Å². The van der Waals surface area contributed by atoms with Crippen molar-refractivity contribution in [3.05, 3.63) is 57.9 Å². The Balaban J connectivity index is 1.25. The second-order valence-corrected chi connectivity index (χ2v) is 9.15. The van der Waals surface area contributed by atoms with Gasteiger partial charge in [0.25, 0.3) is 5.56 Å². The van der Waals surface area contributed by atoms with Crippen LogP contribution < -0.4 is 5.56 Å². The van der Waals surface area contributed by atoms with Crippen molar-refractivity contribution in [2.45, 2.75) is 0 Å². The van der Waals surface area contributed by atoms with Gasteiger partial charge in [-0.15, -0.1) is 0 Å². The smallest absolute Gasteiger partial charge is 0.338 e. The average Bonchev–Trinajstić information content (AvgIpc) is 2.93. The quantitative estimate of drug-likeness (QED) is 0.358. The molecule has 0 radical (unpaired) electrons. The number of H-pyrrole nitrogens is 1. The lowest BCUT2D eigenvalue weighted by Gasteiger charge is -2.26. The minimum atomic E-state index is -0.468. The summed E-state index contributed by atoms with van der Waals surface area (Å²) in [6, 6.07) is 10.1. The molecule has 2 fully saturated rings. The summed E-state index contributed by atoms with van der Waals surface area (Å²) in [7, 11) is 0. The number of rotatable bonds is 8. The van der Waals surface area contributed by atoms with Gasteiger partial charge in [-0.1, -0.05) is 12.1 Å². The van der Waals surface area contributed by atoms with Crippen molar-refractivity contribution in [2.24, 2.45) is 0 Å². The summed E-state index contributed by atoms with van der Waals surface area (Å²) in [5.41, 5.74) is 0.869. The zero-order valence-corrected chi connectivity index (χ0v) is 20.7. The first-order chi connectivity index (χ1) is 18.1. The maximum atomic E-state index is 12.9. The molecule has 0 saturated carbocycles. The standard InChI is InChI=1S/C27H31N3O7/c31-25-23-17-19(26(32)36-15-9-29-5-11-34-12-6-29)1-3-21(23)22-4-2-20(18-24(22)28-25)27(33)37-16-10-30-7-13-35-14-8-30/h1-4,17-18H,5-16H2,(H,28,31). The van der Waals surface area contributed by atoms with Crippen molar-refractivity contribution in [1.29, 1.82) is 0 Å². The Kier molecular flexibility index (Phi) is 8.10. The molecule has 2 aliphatic rings. The Morgan fingerprint density at radius 1 is 0.730 bits per heavy atom. The lowest BCUT2D eigenvalue weighted by atomic mass is 10.0. The van der Waals surface area contributed by atoms with E-state index in [1.54, 1.807) is 36.4 Å². The van der Waals surface area contributed by atoms with E-state index in [-0.39, 0.29) is 18.8 Å². The first-order valence-electron chi connectivity index (χ1n) is 12.6. The SMILES string of the molecule is O=C(OCCN1CCOCC1)c1ccc2c(c1)[nH]c(=O)c1cc(C(=O)OCCN3CCOCC3)ccc12. The number of fused-ring (bicyclic) bond motifs is 3. The number of nitrogens with one attached hydrogen (secondary N) is 1. The Morgan fingerprint density at radius 3 is 1.81 bits per heavy atom. The van der Waals surface area contributed by atoms with Crippen molar-refractivity contribution in [3.8, 4) is 0 Å². The van der Waals surface area contributed by atoms with Crippen LogP contribution in [0.15, 0.2) is 41.2 Å². The number of hydrogen-bond donors (Lipinski definition) is 1. The molecular formula is C27H31N3O7. The number of benzene rings is 2. The first-order valence-corrected chi connectivity index (χ1v) is 12.6. The topological polar surface area (TPSA) is 110 Å². The third-order valence-electron chi connectivity index (χ3n) is 6.78. The van der Waals surface area contributed by atoms with Crippen LogP contribution in [0.4, 0.5) is 0 Å². The maximum Gasteiger partial charge on any atom is 0.338 e. The van der Waals surface area contributed by atoms with Crippen molar-refractivity contribution >= 4 is 33.6 Å². The van der Waals surface area contributed by atoms with E-state index >= 15 is 0 Å². The number of esters is 2. The van der Waals surface area contributed by atoms with E-state index in [1.807, 2.05) is 0 Å². The number of nitrogens with zero attached hydrogens (tertiary/aromatic N) is 2. The van der Waals surface area contributed by atoms with Gasteiger partial charge < -0.3 is 23.9 Å². The average molecular weight is 510 g/mol. The monoisotopic (exact) mass is 509 g/mol. The molecule has 2 saturated heterocycles. The molecule has 3 aromatic rings. The number of pyridine rings is 1. The summed E-state index contributed by atoms with van der Waals surface area (Å²) in [4.78, 5) is 45.2. The highest BCUT2D eigenvalue weighted by atomic mass is 16.5. The molecule has 0 aliphatic carbocycles. The molecule has 0 unspecified atom stereocenters. The number of carbonyl (C=O) groups is 2. The number of carbonyl (C=O) groups excluding carboxylic acids is 2. The number of ether oxygens (including phenoxy) is 4. The molecule has 37 heavy (non-hydrogen) atoms. The van der Waals surface area contributed by atoms with Crippen molar-refractivity contribution in [3.63, 3.8) is 0 Å². The third-order valence-corrected chi connectivity index (χ3v) is 6.78. The third kappa shape index (κ3) is 6.16. The van der Waals surface area contributed by atoms with Crippen LogP contribution in [-0.2, 0) is 18.9 Å². The van der Waals surface area contributed by atoms with E-state index in [1.165, 1.54) is 0 Å². The maximum absolute atomic E-state index is 12.9. The van der Waals surface area contributed by atoms with E-state index in [0.717, 1.165) is 31.6 Å². The predicted molar refractivity (Wildman–Crippen MR) is 137 cm³/mol. The Labute approximate surface area is 214 Å². The highest BCUT2D eigenvalue weighted by Gasteiger charge is 2.16. The molecular weight excluding hydrogens is 478 g/mol. The van der Waals surface area contributed by atoms with Gasteiger partial charge in [-0.05, 0) is 29.7 Å². The number of hydrogen-bond acceptors (Lipinski definition) is 9. The molecule has 1 aromatic heterocycles. The minimum Gasteiger partial charge on any atom is -0.461 e. The molecule has 10 heteroatoms. The van der Waals surface area contributed by atoms with Crippen LogP contribution >= 0.6 is 0 Å². The van der Waals surface area contributed by atoms with Gasteiger partial charge in [0.15, 0.2) is 0 Å². The largest absolute Gasteiger partial charge is 0.461 e.